The van der Waals surface area contributed by atoms with Crippen molar-refractivity contribution in [2.75, 3.05) is 40.3 Å². The molecular weight excluding hydrogens is 306 g/mol. The third-order valence-electron chi connectivity index (χ3n) is 5.09. The van der Waals surface area contributed by atoms with Crippen LogP contribution in [-0.2, 0) is 13.1 Å². The van der Waals surface area contributed by atoms with E-state index >= 15 is 0 Å². The predicted molar refractivity (Wildman–Crippen MR) is 96.8 cm³/mol. The zero-order valence-electron chi connectivity index (χ0n) is 14.6. The minimum absolute atomic E-state index is 0.0944. The molecule has 3 heterocycles. The standard InChI is InChI=1S/C18H31N3OS/c1-19(2)11-15-10-18(23-14-15)13-20-8-5-16(6-9-20)21-7-3-4-17(22)12-21/h10,14,16-17,22H,3-9,11-13H2,1-2H3. The Hall–Kier alpha value is -0.460. The maximum Gasteiger partial charge on any atom is 0.0667 e. The Kier molecular flexibility index (Phi) is 6.10. The van der Waals surface area contributed by atoms with Crippen LogP contribution in [0.2, 0.25) is 0 Å². The largest absolute Gasteiger partial charge is 0.392 e. The fourth-order valence-electron chi connectivity index (χ4n) is 3.94. The van der Waals surface area contributed by atoms with Gasteiger partial charge in [-0.3, -0.25) is 9.80 Å². The lowest BCUT2D eigenvalue weighted by molar-refractivity contribution is 0.0244. The summed E-state index contributed by atoms with van der Waals surface area (Å²) in [5.41, 5.74) is 1.44. The van der Waals surface area contributed by atoms with E-state index in [0.29, 0.717) is 6.04 Å². The normalized spacial score (nSPS) is 25.3. The highest BCUT2D eigenvalue weighted by Crippen LogP contribution is 2.24. The molecule has 130 valence electrons. The van der Waals surface area contributed by atoms with E-state index in [1.807, 2.05) is 11.3 Å². The first kappa shape index (κ1) is 17.4. The number of rotatable bonds is 5. The van der Waals surface area contributed by atoms with Crippen LogP contribution in [0.1, 0.15) is 36.1 Å². The highest BCUT2D eigenvalue weighted by Gasteiger charge is 2.28. The minimum atomic E-state index is -0.0944. The van der Waals surface area contributed by atoms with Crippen LogP contribution in [0.15, 0.2) is 11.4 Å². The monoisotopic (exact) mass is 337 g/mol. The molecule has 1 atom stereocenters. The zero-order valence-corrected chi connectivity index (χ0v) is 15.4. The van der Waals surface area contributed by atoms with Gasteiger partial charge < -0.3 is 10.0 Å². The van der Waals surface area contributed by atoms with Gasteiger partial charge in [-0.25, -0.2) is 0 Å². The summed E-state index contributed by atoms with van der Waals surface area (Å²) in [6.07, 6.45) is 4.56. The summed E-state index contributed by atoms with van der Waals surface area (Å²) >= 11 is 1.90. The average Bonchev–Trinajstić information content (AvgIpc) is 2.94. The van der Waals surface area contributed by atoms with E-state index < -0.39 is 0 Å². The van der Waals surface area contributed by atoms with Gasteiger partial charge in [-0.05, 0) is 63.3 Å². The summed E-state index contributed by atoms with van der Waals surface area (Å²) in [6, 6.07) is 3.06. The molecule has 4 nitrogen and oxygen atoms in total. The van der Waals surface area contributed by atoms with Crippen molar-refractivity contribution in [1.29, 1.82) is 0 Å². The maximum atomic E-state index is 9.87. The summed E-state index contributed by atoms with van der Waals surface area (Å²) in [4.78, 5) is 8.85. The molecule has 2 aliphatic heterocycles. The molecule has 2 saturated heterocycles. The number of likely N-dealkylation sites (tertiary alicyclic amines) is 2. The Morgan fingerprint density at radius 1 is 1.22 bits per heavy atom. The Balaban J connectivity index is 1.44. The van der Waals surface area contributed by atoms with Crippen molar-refractivity contribution in [2.24, 2.45) is 0 Å². The van der Waals surface area contributed by atoms with Crippen LogP contribution < -0.4 is 0 Å². The summed E-state index contributed by atoms with van der Waals surface area (Å²) in [6.45, 7) is 6.60. The molecule has 0 spiro atoms. The smallest absolute Gasteiger partial charge is 0.0667 e. The lowest BCUT2D eigenvalue weighted by Crippen LogP contribution is -2.49. The molecule has 1 N–H and O–H groups in total. The number of hydrogen-bond donors (Lipinski definition) is 1. The van der Waals surface area contributed by atoms with Gasteiger partial charge in [0.05, 0.1) is 6.10 Å². The van der Waals surface area contributed by atoms with Crippen molar-refractivity contribution in [3.05, 3.63) is 21.9 Å². The van der Waals surface area contributed by atoms with Gasteiger partial charge in [0.25, 0.3) is 0 Å². The second-order valence-corrected chi connectivity index (χ2v) is 8.45. The molecule has 2 fully saturated rings. The molecule has 2 aliphatic rings. The number of nitrogens with zero attached hydrogens (tertiary/aromatic N) is 3. The topological polar surface area (TPSA) is 30.0 Å². The van der Waals surface area contributed by atoms with Gasteiger partial charge in [0.1, 0.15) is 0 Å². The number of piperidine rings is 2. The summed E-state index contributed by atoms with van der Waals surface area (Å²) in [5.74, 6) is 0. The van der Waals surface area contributed by atoms with Crippen LogP contribution in [0.4, 0.5) is 0 Å². The fourth-order valence-corrected chi connectivity index (χ4v) is 4.86. The summed E-state index contributed by atoms with van der Waals surface area (Å²) in [7, 11) is 4.25. The predicted octanol–water partition coefficient (Wildman–Crippen LogP) is 2.23. The van der Waals surface area contributed by atoms with Crippen molar-refractivity contribution in [3.63, 3.8) is 0 Å². The first-order valence-electron chi connectivity index (χ1n) is 8.95. The van der Waals surface area contributed by atoms with Gasteiger partial charge in [0, 0.05) is 43.6 Å². The Morgan fingerprint density at radius 2 is 2.00 bits per heavy atom. The van der Waals surface area contributed by atoms with Gasteiger partial charge in [0.2, 0.25) is 0 Å². The summed E-state index contributed by atoms with van der Waals surface area (Å²) in [5, 5.41) is 12.2. The van der Waals surface area contributed by atoms with Crippen molar-refractivity contribution in [1.82, 2.24) is 14.7 Å². The minimum Gasteiger partial charge on any atom is -0.392 e. The van der Waals surface area contributed by atoms with Crippen LogP contribution in [0.25, 0.3) is 0 Å². The van der Waals surface area contributed by atoms with E-state index in [2.05, 4.69) is 40.2 Å². The molecule has 1 unspecified atom stereocenters. The zero-order chi connectivity index (χ0) is 16.2. The first-order chi connectivity index (χ1) is 11.1. The van der Waals surface area contributed by atoms with Gasteiger partial charge in [-0.15, -0.1) is 11.3 Å². The Labute approximate surface area is 144 Å². The molecule has 0 saturated carbocycles. The van der Waals surface area contributed by atoms with Crippen LogP contribution >= 0.6 is 11.3 Å². The molecule has 23 heavy (non-hydrogen) atoms. The molecule has 0 amide bonds. The Morgan fingerprint density at radius 3 is 2.70 bits per heavy atom. The van der Waals surface area contributed by atoms with Crippen LogP contribution in [-0.4, -0.2) is 72.2 Å². The van der Waals surface area contributed by atoms with Crippen LogP contribution in [0, 0.1) is 0 Å². The van der Waals surface area contributed by atoms with E-state index in [0.717, 1.165) is 32.5 Å². The second kappa shape index (κ2) is 8.08. The van der Waals surface area contributed by atoms with Gasteiger partial charge >= 0.3 is 0 Å². The van der Waals surface area contributed by atoms with Crippen molar-refractivity contribution < 1.29 is 5.11 Å². The third kappa shape index (κ3) is 5.00. The third-order valence-corrected chi connectivity index (χ3v) is 6.06. The van der Waals surface area contributed by atoms with Gasteiger partial charge in [0.15, 0.2) is 0 Å². The van der Waals surface area contributed by atoms with Crippen molar-refractivity contribution >= 4 is 11.3 Å². The van der Waals surface area contributed by atoms with E-state index in [1.165, 1.54) is 42.9 Å². The van der Waals surface area contributed by atoms with E-state index in [-0.39, 0.29) is 6.10 Å². The Bertz CT molecular complexity index is 482. The summed E-state index contributed by atoms with van der Waals surface area (Å²) < 4.78 is 0. The lowest BCUT2D eigenvalue weighted by Gasteiger charge is -2.41. The molecule has 0 aromatic carbocycles. The quantitative estimate of drug-likeness (QED) is 0.892. The second-order valence-electron chi connectivity index (χ2n) is 7.46. The fraction of sp³-hybridized carbons (Fsp3) is 0.778. The highest BCUT2D eigenvalue weighted by atomic mass is 32.1. The van der Waals surface area contributed by atoms with E-state index in [1.54, 1.807) is 0 Å². The van der Waals surface area contributed by atoms with Gasteiger partial charge in [-0.1, -0.05) is 0 Å². The van der Waals surface area contributed by atoms with Crippen molar-refractivity contribution in [3.8, 4) is 0 Å². The van der Waals surface area contributed by atoms with Crippen LogP contribution in [0.5, 0.6) is 0 Å². The molecule has 0 aliphatic carbocycles. The average molecular weight is 338 g/mol. The SMILES string of the molecule is CN(C)Cc1csc(CN2CCC(N3CCCC(O)C3)CC2)c1. The van der Waals surface area contributed by atoms with Gasteiger partial charge in [-0.2, -0.15) is 0 Å². The number of thiophene rings is 1. The number of hydrogen-bond acceptors (Lipinski definition) is 5. The van der Waals surface area contributed by atoms with E-state index in [4.69, 9.17) is 0 Å². The number of aliphatic hydroxyl groups is 1. The molecule has 5 heteroatoms. The highest BCUT2D eigenvalue weighted by molar-refractivity contribution is 7.10. The number of β-amino-alcohol motifs (C(OH)–C–C–N with tert-alkyl or cyclic N) is 1. The number of aliphatic hydroxyl groups excluding tert-OH is 1. The molecular formula is C18H31N3OS. The molecule has 3 rings (SSSR count). The van der Waals surface area contributed by atoms with Crippen LogP contribution in [0.3, 0.4) is 0 Å². The maximum absolute atomic E-state index is 9.87. The molecule has 1 aromatic rings. The van der Waals surface area contributed by atoms with E-state index in [9.17, 15) is 5.11 Å². The molecule has 0 bridgehead atoms. The lowest BCUT2D eigenvalue weighted by atomic mass is 9.99. The van der Waals surface area contributed by atoms with Crippen molar-refractivity contribution in [2.45, 2.75) is 50.9 Å². The first-order valence-corrected chi connectivity index (χ1v) is 9.83. The molecule has 0 radical (unpaired) electrons. The molecule has 1 aromatic heterocycles.